The molecular weight excluding hydrogens is 316 g/mol. The van der Waals surface area contributed by atoms with E-state index < -0.39 is 10.8 Å². The molecule has 8 heteroatoms. The number of carbonyl (C=O) groups is 1. The smallest absolute Gasteiger partial charge is 0.299 e. The van der Waals surface area contributed by atoms with E-state index in [4.69, 9.17) is 16.3 Å². The summed E-state index contributed by atoms with van der Waals surface area (Å²) in [5.41, 5.74) is 0.300. The monoisotopic (exact) mass is 326 g/mol. The van der Waals surface area contributed by atoms with Crippen LogP contribution < -0.4 is 10.1 Å². The molecule has 0 bridgehead atoms. The van der Waals surface area contributed by atoms with Crippen molar-refractivity contribution in [1.82, 2.24) is 0 Å². The number of nitro groups is 1. The second-order valence-electron chi connectivity index (χ2n) is 3.94. The molecule has 0 saturated carbocycles. The van der Waals surface area contributed by atoms with Crippen molar-refractivity contribution >= 4 is 40.2 Å². The number of nitrogens with one attached hydrogen (secondary N) is 1. The van der Waals surface area contributed by atoms with Crippen LogP contribution in [-0.2, 0) is 0 Å². The summed E-state index contributed by atoms with van der Waals surface area (Å²) in [6.45, 7) is 2.44. The van der Waals surface area contributed by atoms with Crippen LogP contribution in [0, 0.1) is 10.1 Å². The van der Waals surface area contributed by atoms with Crippen molar-refractivity contribution < 1.29 is 14.5 Å². The fourth-order valence-electron chi connectivity index (χ4n) is 1.59. The predicted octanol–water partition coefficient (Wildman–Crippen LogP) is 3.96. The standard InChI is InChI=1S/C13H11ClN2O4S/c1-2-20-9-5-3-8(4-6-9)15-13(17)11-7-10(16(18)19)12(14)21-11/h3-7H,2H2,1H3,(H,15,17). The molecule has 2 rings (SSSR count). The van der Waals surface area contributed by atoms with E-state index in [9.17, 15) is 14.9 Å². The number of nitrogens with zero attached hydrogens (tertiary/aromatic N) is 1. The van der Waals surface area contributed by atoms with E-state index in [1.165, 1.54) is 0 Å². The van der Waals surface area contributed by atoms with E-state index in [0.717, 1.165) is 17.4 Å². The second-order valence-corrected chi connectivity index (χ2v) is 5.59. The first-order chi connectivity index (χ1) is 10.0. The zero-order valence-corrected chi connectivity index (χ0v) is 12.5. The van der Waals surface area contributed by atoms with Crippen LogP contribution in [0.1, 0.15) is 16.6 Å². The van der Waals surface area contributed by atoms with E-state index >= 15 is 0 Å². The maximum Gasteiger partial charge on any atom is 0.299 e. The Kier molecular flexibility index (Phi) is 4.77. The minimum Gasteiger partial charge on any atom is -0.494 e. The summed E-state index contributed by atoms with van der Waals surface area (Å²) in [5.74, 6) is 0.254. The number of hydrogen-bond donors (Lipinski definition) is 1. The van der Waals surface area contributed by atoms with E-state index in [1.54, 1.807) is 24.3 Å². The minimum atomic E-state index is -0.619. The number of carbonyl (C=O) groups excluding carboxylic acids is 1. The lowest BCUT2D eigenvalue weighted by Gasteiger charge is -2.05. The topological polar surface area (TPSA) is 81.5 Å². The van der Waals surface area contributed by atoms with E-state index in [2.05, 4.69) is 5.32 Å². The number of hydrogen-bond acceptors (Lipinski definition) is 5. The molecule has 1 aromatic carbocycles. The summed E-state index contributed by atoms with van der Waals surface area (Å²) in [4.78, 5) is 22.3. The number of benzene rings is 1. The molecular formula is C13H11ClN2O4S. The van der Waals surface area contributed by atoms with Gasteiger partial charge in [-0.2, -0.15) is 0 Å². The van der Waals surface area contributed by atoms with Crippen molar-refractivity contribution in [2.75, 3.05) is 11.9 Å². The molecule has 0 saturated heterocycles. The molecule has 1 amide bonds. The number of rotatable bonds is 5. The summed E-state index contributed by atoms with van der Waals surface area (Å²) in [6, 6.07) is 7.99. The van der Waals surface area contributed by atoms with Crippen LogP contribution in [0.4, 0.5) is 11.4 Å². The molecule has 0 fully saturated rings. The molecule has 6 nitrogen and oxygen atoms in total. The highest BCUT2D eigenvalue weighted by Crippen LogP contribution is 2.34. The van der Waals surface area contributed by atoms with Crippen LogP contribution in [0.25, 0.3) is 0 Å². The normalized spacial score (nSPS) is 10.2. The first-order valence-corrected chi connectivity index (χ1v) is 7.18. The summed E-state index contributed by atoms with van der Waals surface area (Å²) in [5, 5.41) is 13.3. The van der Waals surface area contributed by atoms with Crippen molar-refractivity contribution in [3.63, 3.8) is 0 Å². The van der Waals surface area contributed by atoms with Crippen molar-refractivity contribution in [2.45, 2.75) is 6.92 Å². The molecule has 0 aliphatic heterocycles. The minimum absolute atomic E-state index is 0.0168. The molecule has 0 radical (unpaired) electrons. The lowest BCUT2D eigenvalue weighted by Crippen LogP contribution is -2.10. The fourth-order valence-corrected chi connectivity index (χ4v) is 2.71. The van der Waals surface area contributed by atoms with Crippen molar-refractivity contribution in [3.05, 3.63) is 49.7 Å². The number of anilines is 1. The Bertz CT molecular complexity index is 669. The van der Waals surface area contributed by atoms with Gasteiger partial charge in [0.2, 0.25) is 0 Å². The van der Waals surface area contributed by atoms with Gasteiger partial charge in [0.1, 0.15) is 10.6 Å². The number of halogens is 1. The van der Waals surface area contributed by atoms with E-state index in [0.29, 0.717) is 18.0 Å². The summed E-state index contributed by atoms with van der Waals surface area (Å²) in [6.07, 6.45) is 0. The van der Waals surface area contributed by atoms with Gasteiger partial charge in [0.05, 0.1) is 11.5 Å². The Hall–Kier alpha value is -2.12. The molecule has 1 N–H and O–H groups in total. The Labute approximate surface area is 129 Å². The molecule has 0 spiro atoms. The van der Waals surface area contributed by atoms with Gasteiger partial charge in [0, 0.05) is 11.8 Å². The van der Waals surface area contributed by atoms with Gasteiger partial charge in [-0.3, -0.25) is 14.9 Å². The lowest BCUT2D eigenvalue weighted by atomic mass is 10.3. The van der Waals surface area contributed by atoms with E-state index in [-0.39, 0.29) is 14.9 Å². The van der Waals surface area contributed by atoms with Crippen LogP contribution in [0.3, 0.4) is 0 Å². The predicted molar refractivity (Wildman–Crippen MR) is 81.5 cm³/mol. The zero-order chi connectivity index (χ0) is 15.4. The highest BCUT2D eigenvalue weighted by atomic mass is 35.5. The van der Waals surface area contributed by atoms with Gasteiger partial charge < -0.3 is 10.1 Å². The molecule has 1 heterocycles. The Morgan fingerprint density at radius 2 is 2.10 bits per heavy atom. The Morgan fingerprint density at radius 1 is 1.43 bits per heavy atom. The molecule has 2 aromatic rings. The van der Waals surface area contributed by atoms with E-state index in [1.807, 2.05) is 6.92 Å². The summed E-state index contributed by atoms with van der Waals surface area (Å²) >= 11 is 6.59. The van der Waals surface area contributed by atoms with Gasteiger partial charge in [0.15, 0.2) is 4.34 Å². The fraction of sp³-hybridized carbons (Fsp3) is 0.154. The number of thiophene rings is 1. The largest absolute Gasteiger partial charge is 0.494 e. The first-order valence-electron chi connectivity index (χ1n) is 5.99. The van der Waals surface area contributed by atoms with Crippen LogP contribution in [-0.4, -0.2) is 17.4 Å². The maximum absolute atomic E-state index is 12.0. The van der Waals surface area contributed by atoms with Gasteiger partial charge in [-0.25, -0.2) is 0 Å². The van der Waals surface area contributed by atoms with Gasteiger partial charge in [0.25, 0.3) is 11.6 Å². The third-order valence-corrected chi connectivity index (χ3v) is 3.85. The number of amides is 1. The summed E-state index contributed by atoms with van der Waals surface area (Å²) in [7, 11) is 0. The van der Waals surface area contributed by atoms with Gasteiger partial charge >= 0.3 is 0 Å². The van der Waals surface area contributed by atoms with Crippen molar-refractivity contribution in [1.29, 1.82) is 0 Å². The third kappa shape index (κ3) is 3.71. The Balaban J connectivity index is 2.10. The average Bonchev–Trinajstić information content (AvgIpc) is 2.84. The lowest BCUT2D eigenvalue weighted by molar-refractivity contribution is -0.384. The highest BCUT2D eigenvalue weighted by Gasteiger charge is 2.21. The maximum atomic E-state index is 12.0. The summed E-state index contributed by atoms with van der Waals surface area (Å²) < 4.78 is 5.28. The molecule has 0 atom stereocenters. The van der Waals surface area contributed by atoms with Crippen LogP contribution in [0.15, 0.2) is 30.3 Å². The van der Waals surface area contributed by atoms with Gasteiger partial charge in [-0.1, -0.05) is 11.6 Å². The molecule has 1 aromatic heterocycles. The van der Waals surface area contributed by atoms with Gasteiger partial charge in [-0.05, 0) is 31.2 Å². The van der Waals surface area contributed by atoms with Gasteiger partial charge in [-0.15, -0.1) is 11.3 Å². The van der Waals surface area contributed by atoms with Crippen LogP contribution in [0.2, 0.25) is 4.34 Å². The quantitative estimate of drug-likeness (QED) is 0.666. The average molecular weight is 327 g/mol. The van der Waals surface area contributed by atoms with Crippen LogP contribution >= 0.6 is 22.9 Å². The Morgan fingerprint density at radius 3 is 2.62 bits per heavy atom. The number of ether oxygens (including phenoxy) is 1. The molecule has 0 aliphatic carbocycles. The van der Waals surface area contributed by atoms with Crippen LogP contribution in [0.5, 0.6) is 5.75 Å². The highest BCUT2D eigenvalue weighted by molar-refractivity contribution is 7.18. The molecule has 110 valence electrons. The molecule has 0 unspecified atom stereocenters. The van der Waals surface area contributed by atoms with Crippen molar-refractivity contribution in [3.8, 4) is 5.75 Å². The van der Waals surface area contributed by atoms with Crippen molar-refractivity contribution in [2.24, 2.45) is 0 Å². The zero-order valence-electron chi connectivity index (χ0n) is 11.0. The third-order valence-electron chi connectivity index (χ3n) is 2.51. The second kappa shape index (κ2) is 6.55. The molecule has 21 heavy (non-hydrogen) atoms. The first kappa shape index (κ1) is 15.3. The molecule has 0 aliphatic rings. The SMILES string of the molecule is CCOc1ccc(NC(=O)c2cc([N+](=O)[O-])c(Cl)s2)cc1.